The summed E-state index contributed by atoms with van der Waals surface area (Å²) < 4.78 is 5.17. The molecule has 0 aromatic carbocycles. The molecule has 6 heteroatoms. The summed E-state index contributed by atoms with van der Waals surface area (Å²) in [5.41, 5.74) is 11.0. The van der Waals surface area contributed by atoms with Gasteiger partial charge in [0.25, 0.3) is 5.91 Å². The molecule has 1 saturated carbocycles. The minimum Gasteiger partial charge on any atom is -0.454 e. The number of hydrogen-bond acceptors (Lipinski definition) is 4. The van der Waals surface area contributed by atoms with Gasteiger partial charge in [0.2, 0.25) is 5.91 Å². The maximum Gasteiger partial charge on any atom is 0.284 e. The third kappa shape index (κ3) is 3.57. The topological polar surface area (TPSA) is 111 Å². The maximum atomic E-state index is 11.8. The second-order valence-corrected chi connectivity index (χ2v) is 4.97. The number of amides is 2. The van der Waals surface area contributed by atoms with E-state index in [1.807, 2.05) is 0 Å². The zero-order valence-corrected chi connectivity index (χ0v) is 10.7. The molecule has 2 atom stereocenters. The van der Waals surface area contributed by atoms with Crippen LogP contribution in [-0.2, 0) is 11.3 Å². The van der Waals surface area contributed by atoms with Crippen LogP contribution in [0.25, 0.3) is 0 Å². The lowest BCUT2D eigenvalue weighted by Crippen LogP contribution is -2.31. The highest BCUT2D eigenvalue weighted by Gasteiger charge is 2.25. The lowest BCUT2D eigenvalue weighted by Gasteiger charge is -2.14. The van der Waals surface area contributed by atoms with Gasteiger partial charge in [0.05, 0.1) is 6.54 Å². The summed E-state index contributed by atoms with van der Waals surface area (Å²) in [5, 5.41) is 2.76. The standard InChI is InChI=1S/C13H19N3O3/c14-10-3-1-2-8(10)6-12(17)16-7-9-4-5-11(19-9)13(15)18/h4-5,8,10H,1-3,6-7,14H2,(H2,15,18)(H,16,17)/t8-,10+/m0/s1. The van der Waals surface area contributed by atoms with E-state index in [9.17, 15) is 9.59 Å². The van der Waals surface area contributed by atoms with Gasteiger partial charge in [-0.25, -0.2) is 0 Å². The Morgan fingerprint density at radius 1 is 1.37 bits per heavy atom. The second-order valence-electron chi connectivity index (χ2n) is 4.97. The molecule has 1 aromatic heterocycles. The van der Waals surface area contributed by atoms with Gasteiger partial charge in [-0.15, -0.1) is 0 Å². The summed E-state index contributed by atoms with van der Waals surface area (Å²) >= 11 is 0. The first-order chi connectivity index (χ1) is 9.06. The Labute approximate surface area is 111 Å². The van der Waals surface area contributed by atoms with Crippen LogP contribution in [0.5, 0.6) is 0 Å². The second kappa shape index (κ2) is 5.88. The van der Waals surface area contributed by atoms with Crippen molar-refractivity contribution in [3.63, 3.8) is 0 Å². The Morgan fingerprint density at radius 2 is 2.16 bits per heavy atom. The summed E-state index contributed by atoms with van der Waals surface area (Å²) in [6.07, 6.45) is 3.56. The number of nitrogens with one attached hydrogen (secondary N) is 1. The first-order valence-corrected chi connectivity index (χ1v) is 6.47. The Morgan fingerprint density at radius 3 is 2.74 bits per heavy atom. The summed E-state index contributed by atoms with van der Waals surface area (Å²) in [4.78, 5) is 22.6. The molecule has 0 bridgehead atoms. The molecule has 1 fully saturated rings. The average molecular weight is 265 g/mol. The SMILES string of the molecule is NC(=O)c1ccc(CNC(=O)C[C@@H]2CCC[C@H]2N)o1. The Bertz CT molecular complexity index is 469. The molecule has 2 amide bonds. The van der Waals surface area contributed by atoms with Crippen LogP contribution in [0.2, 0.25) is 0 Å². The van der Waals surface area contributed by atoms with Gasteiger partial charge < -0.3 is 21.2 Å². The lowest BCUT2D eigenvalue weighted by molar-refractivity contribution is -0.122. The minimum absolute atomic E-state index is 0.0422. The molecule has 19 heavy (non-hydrogen) atoms. The minimum atomic E-state index is -0.616. The van der Waals surface area contributed by atoms with E-state index in [1.54, 1.807) is 6.07 Å². The van der Waals surface area contributed by atoms with Crippen molar-refractivity contribution in [3.05, 3.63) is 23.7 Å². The predicted octanol–water partition coefficient (Wildman–Crippen LogP) is 0.512. The zero-order chi connectivity index (χ0) is 13.8. The monoisotopic (exact) mass is 265 g/mol. The van der Waals surface area contributed by atoms with Crippen LogP contribution in [0.4, 0.5) is 0 Å². The molecule has 0 spiro atoms. The molecule has 0 aliphatic heterocycles. The fourth-order valence-corrected chi connectivity index (χ4v) is 2.42. The van der Waals surface area contributed by atoms with Crippen molar-refractivity contribution in [2.24, 2.45) is 17.4 Å². The quantitative estimate of drug-likeness (QED) is 0.720. The lowest BCUT2D eigenvalue weighted by atomic mass is 10.00. The van der Waals surface area contributed by atoms with E-state index in [-0.39, 0.29) is 30.2 Å². The van der Waals surface area contributed by atoms with Crippen LogP contribution in [0.3, 0.4) is 0 Å². The van der Waals surface area contributed by atoms with Gasteiger partial charge in [0.1, 0.15) is 5.76 Å². The van der Waals surface area contributed by atoms with Crippen molar-refractivity contribution in [1.29, 1.82) is 0 Å². The molecule has 1 aliphatic rings. The number of carbonyl (C=O) groups is 2. The number of hydrogen-bond donors (Lipinski definition) is 3. The van der Waals surface area contributed by atoms with Crippen LogP contribution in [0, 0.1) is 5.92 Å². The summed E-state index contributed by atoms with van der Waals surface area (Å²) in [5.74, 6) is 0.228. The van der Waals surface area contributed by atoms with Crippen LogP contribution in [0.1, 0.15) is 42.0 Å². The fourth-order valence-electron chi connectivity index (χ4n) is 2.42. The van der Waals surface area contributed by atoms with Crippen LogP contribution in [0.15, 0.2) is 16.5 Å². The molecule has 0 unspecified atom stereocenters. The first kappa shape index (κ1) is 13.6. The zero-order valence-electron chi connectivity index (χ0n) is 10.7. The van der Waals surface area contributed by atoms with E-state index in [4.69, 9.17) is 15.9 Å². The van der Waals surface area contributed by atoms with Gasteiger partial charge in [0.15, 0.2) is 5.76 Å². The third-order valence-electron chi connectivity index (χ3n) is 3.53. The molecular weight excluding hydrogens is 246 g/mol. The molecule has 0 radical (unpaired) electrons. The van der Waals surface area contributed by atoms with Crippen molar-refractivity contribution in [3.8, 4) is 0 Å². The number of primary amides is 1. The van der Waals surface area contributed by atoms with Crippen molar-refractivity contribution in [2.75, 3.05) is 0 Å². The Balaban J connectivity index is 1.78. The highest BCUT2D eigenvalue weighted by atomic mass is 16.4. The molecule has 5 N–H and O–H groups in total. The van der Waals surface area contributed by atoms with Gasteiger partial charge >= 0.3 is 0 Å². The number of nitrogens with two attached hydrogens (primary N) is 2. The molecular formula is C13H19N3O3. The van der Waals surface area contributed by atoms with E-state index < -0.39 is 5.91 Å². The van der Waals surface area contributed by atoms with Gasteiger partial charge in [0, 0.05) is 12.5 Å². The third-order valence-corrected chi connectivity index (χ3v) is 3.53. The van der Waals surface area contributed by atoms with Crippen LogP contribution >= 0.6 is 0 Å². The summed E-state index contributed by atoms with van der Waals surface area (Å²) in [7, 11) is 0. The van der Waals surface area contributed by atoms with E-state index in [0.29, 0.717) is 12.2 Å². The van der Waals surface area contributed by atoms with E-state index in [0.717, 1.165) is 19.3 Å². The Kier molecular flexibility index (Phi) is 4.21. The van der Waals surface area contributed by atoms with Gasteiger partial charge in [-0.2, -0.15) is 0 Å². The summed E-state index contributed by atoms with van der Waals surface area (Å²) in [6, 6.07) is 3.26. The highest BCUT2D eigenvalue weighted by Crippen LogP contribution is 2.26. The number of furan rings is 1. The van der Waals surface area contributed by atoms with E-state index in [2.05, 4.69) is 5.32 Å². The smallest absolute Gasteiger partial charge is 0.284 e. The number of rotatable bonds is 5. The van der Waals surface area contributed by atoms with Gasteiger partial charge in [-0.05, 0) is 30.9 Å². The molecule has 1 aromatic rings. The van der Waals surface area contributed by atoms with Crippen molar-refractivity contribution in [1.82, 2.24) is 5.32 Å². The maximum absolute atomic E-state index is 11.8. The molecule has 1 heterocycles. The average Bonchev–Trinajstić information content (AvgIpc) is 2.97. The van der Waals surface area contributed by atoms with Gasteiger partial charge in [-0.3, -0.25) is 9.59 Å². The molecule has 104 valence electrons. The highest BCUT2D eigenvalue weighted by molar-refractivity contribution is 5.89. The predicted molar refractivity (Wildman–Crippen MR) is 69.0 cm³/mol. The van der Waals surface area contributed by atoms with Crippen molar-refractivity contribution < 1.29 is 14.0 Å². The van der Waals surface area contributed by atoms with Crippen LogP contribution < -0.4 is 16.8 Å². The molecule has 0 saturated heterocycles. The fraction of sp³-hybridized carbons (Fsp3) is 0.538. The molecule has 1 aliphatic carbocycles. The van der Waals surface area contributed by atoms with E-state index >= 15 is 0 Å². The molecule has 2 rings (SSSR count). The van der Waals surface area contributed by atoms with Crippen molar-refractivity contribution in [2.45, 2.75) is 38.3 Å². The normalized spacial score (nSPS) is 22.4. The molecule has 6 nitrogen and oxygen atoms in total. The van der Waals surface area contributed by atoms with Gasteiger partial charge in [-0.1, -0.05) is 6.42 Å². The van der Waals surface area contributed by atoms with Crippen molar-refractivity contribution >= 4 is 11.8 Å². The number of carbonyl (C=O) groups excluding carboxylic acids is 2. The first-order valence-electron chi connectivity index (χ1n) is 6.47. The van der Waals surface area contributed by atoms with E-state index in [1.165, 1.54) is 6.07 Å². The Hall–Kier alpha value is -1.82. The largest absolute Gasteiger partial charge is 0.454 e. The van der Waals surface area contributed by atoms with Crippen LogP contribution in [-0.4, -0.2) is 17.9 Å². The summed E-state index contributed by atoms with van der Waals surface area (Å²) in [6.45, 7) is 0.258.